The minimum Gasteiger partial charge on any atom is -0.313 e. The highest BCUT2D eigenvalue weighted by atomic mass is 15.0. The fourth-order valence-electron chi connectivity index (χ4n) is 11.3. The molecule has 13 aromatic rings. The summed E-state index contributed by atoms with van der Waals surface area (Å²) < 4.78 is 9.83. The van der Waals surface area contributed by atoms with Crippen LogP contribution in [0.15, 0.2) is 212 Å². The first kappa shape index (κ1) is 36.2. The van der Waals surface area contributed by atoms with E-state index in [2.05, 4.69) is 244 Å². The molecule has 4 heteroatoms. The van der Waals surface area contributed by atoms with Crippen molar-refractivity contribution in [2.24, 2.45) is 5.92 Å². The Hall–Kier alpha value is -8.34. The summed E-state index contributed by atoms with van der Waals surface area (Å²) >= 11 is 0. The Morgan fingerprint density at radius 1 is 0.323 bits per heavy atom. The Bertz CT molecular complexity index is 3990. The van der Waals surface area contributed by atoms with Gasteiger partial charge in [-0.1, -0.05) is 146 Å². The summed E-state index contributed by atoms with van der Waals surface area (Å²) in [5, 5.41) is 8.96. The quantitative estimate of drug-likeness (QED) is 0.165. The van der Waals surface area contributed by atoms with Crippen molar-refractivity contribution in [2.75, 3.05) is 0 Å². The summed E-state index contributed by atoms with van der Waals surface area (Å²) in [5.41, 5.74) is 18.4. The second-order valence-electron chi connectivity index (χ2n) is 17.8. The van der Waals surface area contributed by atoms with Crippen LogP contribution >= 0.6 is 0 Å². The maximum atomic E-state index is 2.51. The Morgan fingerprint density at radius 2 is 0.677 bits per heavy atom. The molecular weight excluding hydrogens is 789 g/mol. The van der Waals surface area contributed by atoms with Crippen LogP contribution in [0.1, 0.15) is 18.2 Å². The average molecular weight is 831 g/mol. The number of para-hydroxylation sites is 6. The van der Waals surface area contributed by atoms with Crippen molar-refractivity contribution in [3.8, 4) is 28.2 Å². The van der Waals surface area contributed by atoms with Gasteiger partial charge in [0.15, 0.2) is 0 Å². The normalized spacial score (nSPS) is 14.1. The Morgan fingerprint density at radius 3 is 1.15 bits per heavy atom. The largest absolute Gasteiger partial charge is 0.313 e. The lowest BCUT2D eigenvalue weighted by atomic mass is 9.90. The summed E-state index contributed by atoms with van der Waals surface area (Å²) in [4.78, 5) is 0. The predicted molar refractivity (Wildman–Crippen MR) is 274 cm³/mol. The van der Waals surface area contributed by atoms with Crippen molar-refractivity contribution in [1.82, 2.24) is 18.3 Å². The van der Waals surface area contributed by atoms with E-state index >= 15 is 0 Å². The zero-order valence-electron chi connectivity index (χ0n) is 35.9. The fraction of sp³-hybridized carbons (Fsp3) is 0.0492. The molecule has 0 N–H and O–H groups in total. The van der Waals surface area contributed by atoms with Crippen molar-refractivity contribution >= 4 is 88.1 Å². The smallest absolute Gasteiger partial charge is 0.0561 e. The second kappa shape index (κ2) is 13.8. The molecule has 306 valence electrons. The minimum absolute atomic E-state index is 0.343. The highest BCUT2D eigenvalue weighted by Gasteiger charge is 2.28. The highest BCUT2D eigenvalue weighted by Crippen LogP contribution is 2.43. The van der Waals surface area contributed by atoms with Crippen molar-refractivity contribution < 1.29 is 0 Å². The van der Waals surface area contributed by atoms with Crippen LogP contribution in [0.2, 0.25) is 0 Å². The fourth-order valence-corrected chi connectivity index (χ4v) is 11.3. The van der Waals surface area contributed by atoms with Gasteiger partial charge in [-0.2, -0.15) is 0 Å². The topological polar surface area (TPSA) is 19.7 Å². The summed E-state index contributed by atoms with van der Waals surface area (Å²) in [6.45, 7) is 2.38. The summed E-state index contributed by atoms with van der Waals surface area (Å²) in [5.74, 6) is 0.343. The minimum atomic E-state index is 0.343. The molecule has 0 amide bonds. The molecule has 1 atom stereocenters. The van der Waals surface area contributed by atoms with Crippen molar-refractivity contribution in [3.05, 3.63) is 224 Å². The highest BCUT2D eigenvalue weighted by molar-refractivity contribution is 6.13. The standard InChI is InChI=1S/C61H42N4/c1-39-36-52-50-19-7-11-23-56(50)63(61(52)38-59(39)65-57-24-12-5-16-47(57)48-17-6-13-25-58(48)65)43-32-28-41(29-33-43)40-26-30-42(31-27-40)62-53-20-8-4-18-49(53)51-35-34-44(37-60(51)62)64-54-21-9-2-14-45(54)46-15-3-10-22-55(46)64/h2-35,37-39H,36H2,1H3. The maximum Gasteiger partial charge on any atom is 0.0561 e. The van der Waals surface area contributed by atoms with E-state index in [-0.39, 0.29) is 0 Å². The molecule has 0 saturated carbocycles. The van der Waals surface area contributed by atoms with Crippen LogP contribution < -0.4 is 0 Å². The third-order valence-electron chi connectivity index (χ3n) is 14.2. The van der Waals surface area contributed by atoms with E-state index in [9.17, 15) is 0 Å². The molecule has 14 rings (SSSR count). The third kappa shape index (κ3) is 5.25. The third-order valence-corrected chi connectivity index (χ3v) is 14.2. The number of hydrogen-bond donors (Lipinski definition) is 0. The van der Waals surface area contributed by atoms with Gasteiger partial charge in [-0.25, -0.2) is 0 Å². The lowest BCUT2D eigenvalue weighted by molar-refractivity contribution is 0.708. The van der Waals surface area contributed by atoms with Crippen LogP contribution in [0.5, 0.6) is 0 Å². The Labute approximate surface area is 375 Å². The van der Waals surface area contributed by atoms with E-state index < -0.39 is 0 Å². The van der Waals surface area contributed by atoms with E-state index in [0.717, 1.165) is 17.8 Å². The summed E-state index contributed by atoms with van der Waals surface area (Å²) in [7, 11) is 0. The van der Waals surface area contributed by atoms with Crippen LogP contribution in [-0.4, -0.2) is 18.3 Å². The predicted octanol–water partition coefficient (Wildman–Crippen LogP) is 15.8. The van der Waals surface area contributed by atoms with Gasteiger partial charge in [-0.05, 0) is 102 Å². The molecule has 0 fully saturated rings. The zero-order valence-corrected chi connectivity index (χ0v) is 35.9. The van der Waals surface area contributed by atoms with Crippen LogP contribution in [0.4, 0.5) is 0 Å². The lowest BCUT2D eigenvalue weighted by Gasteiger charge is -2.25. The van der Waals surface area contributed by atoms with Gasteiger partial charge >= 0.3 is 0 Å². The van der Waals surface area contributed by atoms with Crippen molar-refractivity contribution in [2.45, 2.75) is 13.3 Å². The second-order valence-corrected chi connectivity index (χ2v) is 17.8. The van der Waals surface area contributed by atoms with Crippen LogP contribution in [-0.2, 0) is 6.42 Å². The van der Waals surface area contributed by atoms with E-state index in [1.165, 1.54) is 110 Å². The molecular formula is C61H42N4. The molecule has 65 heavy (non-hydrogen) atoms. The summed E-state index contributed by atoms with van der Waals surface area (Å²) in [6.07, 6.45) is 3.45. The number of aromatic nitrogens is 4. The van der Waals surface area contributed by atoms with E-state index in [0.29, 0.717) is 5.92 Å². The molecule has 0 bridgehead atoms. The molecule has 4 aromatic heterocycles. The molecule has 4 nitrogen and oxygen atoms in total. The van der Waals surface area contributed by atoms with Crippen LogP contribution in [0, 0.1) is 5.92 Å². The monoisotopic (exact) mass is 830 g/mol. The number of fused-ring (bicyclic) bond motifs is 12. The molecule has 0 radical (unpaired) electrons. The van der Waals surface area contributed by atoms with Gasteiger partial charge in [0.05, 0.1) is 44.3 Å². The van der Waals surface area contributed by atoms with Crippen LogP contribution in [0.25, 0.3) is 116 Å². The molecule has 0 spiro atoms. The van der Waals surface area contributed by atoms with Gasteiger partial charge in [0.25, 0.3) is 0 Å². The Kier molecular flexibility index (Phi) is 7.70. The Balaban J connectivity index is 0.858. The number of rotatable bonds is 5. The van der Waals surface area contributed by atoms with Gasteiger partial charge in [0, 0.05) is 66.4 Å². The van der Waals surface area contributed by atoms with Gasteiger partial charge in [-0.15, -0.1) is 0 Å². The SMILES string of the molecule is CC1Cc2c(n(-c3ccc(-c4ccc(-n5c6ccccc6c6ccc(-n7c8ccccc8c8ccccc87)cc65)cc4)cc3)c3ccccc23)C=C1n1c2ccccc2c2ccccc21. The molecule has 1 aliphatic carbocycles. The maximum absolute atomic E-state index is 2.51. The number of allylic oxidation sites excluding steroid dienone is 1. The molecule has 4 heterocycles. The molecule has 0 saturated heterocycles. The molecule has 9 aromatic carbocycles. The van der Waals surface area contributed by atoms with Gasteiger partial charge < -0.3 is 18.3 Å². The number of hydrogen-bond acceptors (Lipinski definition) is 0. The first-order valence-electron chi connectivity index (χ1n) is 22.7. The lowest BCUT2D eigenvalue weighted by Crippen LogP contribution is -2.14. The van der Waals surface area contributed by atoms with Crippen molar-refractivity contribution in [3.63, 3.8) is 0 Å². The molecule has 1 aliphatic rings. The summed E-state index contributed by atoms with van der Waals surface area (Å²) in [6, 6.07) is 78.1. The van der Waals surface area contributed by atoms with E-state index in [4.69, 9.17) is 0 Å². The first-order valence-corrected chi connectivity index (χ1v) is 22.7. The average Bonchev–Trinajstić information content (AvgIpc) is 4.09. The zero-order chi connectivity index (χ0) is 42.8. The van der Waals surface area contributed by atoms with E-state index in [1.54, 1.807) is 0 Å². The van der Waals surface area contributed by atoms with Gasteiger partial charge in [0.1, 0.15) is 0 Å². The van der Waals surface area contributed by atoms with Gasteiger partial charge in [0.2, 0.25) is 0 Å². The molecule has 1 unspecified atom stereocenters. The number of nitrogens with zero attached hydrogens (tertiary/aromatic N) is 4. The molecule has 0 aliphatic heterocycles. The number of benzene rings is 9. The van der Waals surface area contributed by atoms with Crippen molar-refractivity contribution in [1.29, 1.82) is 0 Å². The van der Waals surface area contributed by atoms with Crippen LogP contribution in [0.3, 0.4) is 0 Å². The van der Waals surface area contributed by atoms with Gasteiger partial charge in [-0.3, -0.25) is 0 Å². The first-order chi connectivity index (χ1) is 32.2. The van der Waals surface area contributed by atoms with E-state index in [1.807, 2.05) is 0 Å².